The van der Waals surface area contributed by atoms with E-state index < -0.39 is 6.04 Å². The molecule has 4 nitrogen and oxygen atoms in total. The lowest BCUT2D eigenvalue weighted by molar-refractivity contribution is -0.139. The van der Waals surface area contributed by atoms with E-state index in [0.717, 1.165) is 36.8 Å². The van der Waals surface area contributed by atoms with Crippen LogP contribution in [0.15, 0.2) is 42.5 Å². The summed E-state index contributed by atoms with van der Waals surface area (Å²) in [6, 6.07) is 12.2. The van der Waals surface area contributed by atoms with Crippen LogP contribution in [0.5, 0.6) is 0 Å². The third kappa shape index (κ3) is 7.21. The first-order valence-corrected chi connectivity index (χ1v) is 13.1. The maximum atomic E-state index is 14.1. The molecular formula is C26H32ClFN2O2S. The molecule has 0 aliphatic heterocycles. The third-order valence-electron chi connectivity index (χ3n) is 6.09. The monoisotopic (exact) mass is 490 g/mol. The molecule has 33 heavy (non-hydrogen) atoms. The van der Waals surface area contributed by atoms with Gasteiger partial charge in [0.25, 0.3) is 0 Å². The number of benzene rings is 2. The van der Waals surface area contributed by atoms with Crippen molar-refractivity contribution in [2.75, 3.05) is 5.75 Å². The summed E-state index contributed by atoms with van der Waals surface area (Å²) in [7, 11) is 0. The molecule has 0 spiro atoms. The number of carbonyl (C=O) groups is 2. The molecule has 1 saturated carbocycles. The van der Waals surface area contributed by atoms with Gasteiger partial charge in [-0.3, -0.25) is 9.59 Å². The number of nitrogens with zero attached hydrogens (tertiary/aromatic N) is 1. The Bertz CT molecular complexity index is 928. The van der Waals surface area contributed by atoms with Gasteiger partial charge in [0.2, 0.25) is 11.8 Å². The summed E-state index contributed by atoms with van der Waals surface area (Å²) in [5.41, 5.74) is 2.51. The van der Waals surface area contributed by atoms with E-state index in [4.69, 9.17) is 11.6 Å². The summed E-state index contributed by atoms with van der Waals surface area (Å²) < 4.78 is 14.1. The average molecular weight is 491 g/mol. The van der Waals surface area contributed by atoms with Gasteiger partial charge >= 0.3 is 0 Å². The standard InChI is InChI=1S/C26H32ClFN2O2S/c1-3-24(26(32)29-20-7-4-5-8-20)30(15-19-13-11-18(2)12-14-19)25(31)17-33-16-21-22(27)9-6-10-23(21)28/h6,9-14,20,24H,3-5,7-8,15-17H2,1-2H3,(H,29,32)/t24-/m0/s1. The van der Waals surface area contributed by atoms with Crippen LogP contribution in [0.2, 0.25) is 5.02 Å². The van der Waals surface area contributed by atoms with Crippen molar-refractivity contribution in [1.82, 2.24) is 10.2 Å². The van der Waals surface area contributed by atoms with E-state index in [9.17, 15) is 14.0 Å². The van der Waals surface area contributed by atoms with Gasteiger partial charge in [-0.1, -0.05) is 67.3 Å². The molecule has 1 N–H and O–H groups in total. The average Bonchev–Trinajstić information content (AvgIpc) is 3.30. The Kier molecular flexibility index (Phi) is 9.63. The summed E-state index contributed by atoms with van der Waals surface area (Å²) in [4.78, 5) is 28.1. The SMILES string of the molecule is CC[C@@H](C(=O)NC1CCCC1)N(Cc1ccc(C)cc1)C(=O)CSCc1c(F)cccc1Cl. The Balaban J connectivity index is 1.72. The number of halogens is 2. The zero-order valence-electron chi connectivity index (χ0n) is 19.3. The molecule has 1 fully saturated rings. The smallest absolute Gasteiger partial charge is 0.243 e. The van der Waals surface area contributed by atoms with Gasteiger partial charge in [0.15, 0.2) is 0 Å². The van der Waals surface area contributed by atoms with Crippen molar-refractivity contribution in [2.45, 2.75) is 70.3 Å². The molecule has 1 aliphatic rings. The Morgan fingerprint density at radius 3 is 2.52 bits per heavy atom. The quantitative estimate of drug-likeness (QED) is 0.452. The molecule has 0 aromatic heterocycles. The molecule has 0 bridgehead atoms. The van der Waals surface area contributed by atoms with Crippen LogP contribution in [0.3, 0.4) is 0 Å². The Hall–Kier alpha value is -2.05. The molecule has 2 aromatic rings. The summed E-state index contributed by atoms with van der Waals surface area (Å²) in [6.07, 6.45) is 4.77. The topological polar surface area (TPSA) is 49.4 Å². The van der Waals surface area contributed by atoms with Crippen molar-refractivity contribution < 1.29 is 14.0 Å². The van der Waals surface area contributed by atoms with Crippen molar-refractivity contribution in [3.63, 3.8) is 0 Å². The zero-order chi connectivity index (χ0) is 23.8. The first kappa shape index (κ1) is 25.6. The molecular weight excluding hydrogens is 459 g/mol. The number of hydrogen-bond donors (Lipinski definition) is 1. The van der Waals surface area contributed by atoms with Gasteiger partial charge in [-0.15, -0.1) is 11.8 Å². The van der Waals surface area contributed by atoms with Gasteiger partial charge in [0, 0.05) is 28.9 Å². The van der Waals surface area contributed by atoms with Crippen molar-refractivity contribution in [1.29, 1.82) is 0 Å². The largest absolute Gasteiger partial charge is 0.352 e. The lowest BCUT2D eigenvalue weighted by Crippen LogP contribution is -2.51. The van der Waals surface area contributed by atoms with E-state index in [-0.39, 0.29) is 29.4 Å². The van der Waals surface area contributed by atoms with Crippen LogP contribution in [-0.2, 0) is 21.9 Å². The fourth-order valence-corrected chi connectivity index (χ4v) is 5.42. The van der Waals surface area contributed by atoms with Crippen molar-refractivity contribution >= 4 is 35.2 Å². The maximum Gasteiger partial charge on any atom is 0.243 e. The highest BCUT2D eigenvalue weighted by Crippen LogP contribution is 2.25. The van der Waals surface area contributed by atoms with E-state index in [1.165, 1.54) is 17.8 Å². The zero-order valence-corrected chi connectivity index (χ0v) is 20.9. The van der Waals surface area contributed by atoms with E-state index in [0.29, 0.717) is 29.3 Å². The van der Waals surface area contributed by atoms with Crippen LogP contribution in [0, 0.1) is 12.7 Å². The highest BCUT2D eigenvalue weighted by molar-refractivity contribution is 7.99. The summed E-state index contributed by atoms with van der Waals surface area (Å²) in [6.45, 7) is 4.30. The molecule has 2 amide bonds. The molecule has 0 radical (unpaired) electrons. The number of aryl methyl sites for hydroxylation is 1. The van der Waals surface area contributed by atoms with Gasteiger partial charge < -0.3 is 10.2 Å². The van der Waals surface area contributed by atoms with E-state index in [1.54, 1.807) is 17.0 Å². The highest BCUT2D eigenvalue weighted by Gasteiger charge is 2.30. The van der Waals surface area contributed by atoms with Crippen LogP contribution >= 0.6 is 23.4 Å². The molecule has 0 unspecified atom stereocenters. The number of hydrogen-bond acceptors (Lipinski definition) is 3. The highest BCUT2D eigenvalue weighted by atomic mass is 35.5. The minimum atomic E-state index is -0.544. The second-order valence-electron chi connectivity index (χ2n) is 8.61. The molecule has 2 aromatic carbocycles. The summed E-state index contributed by atoms with van der Waals surface area (Å²) >= 11 is 7.43. The number of nitrogens with one attached hydrogen (secondary N) is 1. The molecule has 1 aliphatic carbocycles. The third-order valence-corrected chi connectivity index (χ3v) is 7.39. The van der Waals surface area contributed by atoms with Crippen LogP contribution < -0.4 is 5.32 Å². The first-order chi connectivity index (χ1) is 15.9. The second-order valence-corrected chi connectivity index (χ2v) is 10.0. The normalized spacial score (nSPS) is 14.8. The van der Waals surface area contributed by atoms with Gasteiger partial charge in [0.1, 0.15) is 11.9 Å². The maximum absolute atomic E-state index is 14.1. The molecule has 0 heterocycles. The predicted octanol–water partition coefficient (Wildman–Crippen LogP) is 5.89. The van der Waals surface area contributed by atoms with Crippen LogP contribution in [-0.4, -0.2) is 34.6 Å². The van der Waals surface area contributed by atoms with Gasteiger partial charge in [-0.25, -0.2) is 4.39 Å². The van der Waals surface area contributed by atoms with E-state index in [2.05, 4.69) is 5.32 Å². The number of thioether (sulfide) groups is 1. The Morgan fingerprint density at radius 1 is 1.18 bits per heavy atom. The van der Waals surface area contributed by atoms with Gasteiger partial charge in [-0.05, 0) is 43.9 Å². The predicted molar refractivity (Wildman–Crippen MR) is 134 cm³/mol. The van der Waals surface area contributed by atoms with E-state index in [1.807, 2.05) is 38.1 Å². The van der Waals surface area contributed by atoms with E-state index >= 15 is 0 Å². The molecule has 1 atom stereocenters. The lowest BCUT2D eigenvalue weighted by atomic mass is 10.1. The van der Waals surface area contributed by atoms with Gasteiger partial charge in [-0.2, -0.15) is 0 Å². The number of amides is 2. The summed E-state index contributed by atoms with van der Waals surface area (Å²) in [5.74, 6) is -0.167. The molecule has 3 rings (SSSR count). The van der Waals surface area contributed by atoms with Crippen molar-refractivity contribution in [3.8, 4) is 0 Å². The minimum Gasteiger partial charge on any atom is -0.352 e. The fraction of sp³-hybridized carbons (Fsp3) is 0.462. The first-order valence-electron chi connectivity index (χ1n) is 11.5. The molecule has 178 valence electrons. The van der Waals surface area contributed by atoms with Crippen molar-refractivity contribution in [2.24, 2.45) is 0 Å². The fourth-order valence-electron chi connectivity index (χ4n) is 4.17. The summed E-state index contributed by atoms with van der Waals surface area (Å²) in [5, 5.41) is 3.51. The van der Waals surface area contributed by atoms with Crippen LogP contribution in [0.25, 0.3) is 0 Å². The minimum absolute atomic E-state index is 0.0907. The van der Waals surface area contributed by atoms with Crippen molar-refractivity contribution in [3.05, 3.63) is 70.0 Å². The number of rotatable bonds is 10. The second kappa shape index (κ2) is 12.4. The van der Waals surface area contributed by atoms with Gasteiger partial charge in [0.05, 0.1) is 5.75 Å². The lowest BCUT2D eigenvalue weighted by Gasteiger charge is -2.31. The van der Waals surface area contributed by atoms with Crippen LogP contribution in [0.4, 0.5) is 4.39 Å². The Labute approximate surface area is 205 Å². The Morgan fingerprint density at radius 2 is 1.88 bits per heavy atom. The van der Waals surface area contributed by atoms with Crippen LogP contribution in [0.1, 0.15) is 55.7 Å². The molecule has 7 heteroatoms. The molecule has 0 saturated heterocycles. The number of carbonyl (C=O) groups excluding carboxylic acids is 2.